The number of carbonyl (C=O) groups is 1. The van der Waals surface area contributed by atoms with E-state index in [1.54, 1.807) is 0 Å². The van der Waals surface area contributed by atoms with Crippen LogP contribution in [0, 0.1) is 6.92 Å². The fraction of sp³-hybridized carbons (Fsp3) is 0.125. The topological polar surface area (TPSA) is 52.3 Å². The zero-order chi connectivity index (χ0) is 18.8. The molecule has 1 unspecified atom stereocenters. The third-order valence-electron chi connectivity index (χ3n) is 4.89. The molecule has 0 fully saturated rings. The van der Waals surface area contributed by atoms with Crippen LogP contribution in [0.4, 0.5) is 0 Å². The average molecular weight is 355 g/mol. The molecule has 0 radical (unpaired) electrons. The average Bonchev–Trinajstić information content (AvgIpc) is 2.88. The van der Waals surface area contributed by atoms with Gasteiger partial charge >= 0.3 is 0 Å². The number of aryl methyl sites for hydroxylation is 1. The van der Waals surface area contributed by atoms with E-state index in [2.05, 4.69) is 43.3 Å². The third-order valence-corrected chi connectivity index (χ3v) is 4.89. The van der Waals surface area contributed by atoms with Crippen LogP contribution in [0.25, 0.3) is 17.2 Å². The van der Waals surface area contributed by atoms with Gasteiger partial charge in [-0.1, -0.05) is 66.2 Å². The maximum atomic E-state index is 12.0. The summed E-state index contributed by atoms with van der Waals surface area (Å²) < 4.78 is 6.27. The maximum Gasteiger partial charge on any atom is 0.244 e. The minimum absolute atomic E-state index is 0.239. The first-order valence-corrected chi connectivity index (χ1v) is 9.03. The molecule has 1 aliphatic heterocycles. The minimum Gasteiger partial charge on any atom is -0.485 e. The van der Waals surface area contributed by atoms with Crippen LogP contribution in [0.3, 0.4) is 0 Å². The Morgan fingerprint density at radius 3 is 2.37 bits per heavy atom. The third kappa shape index (κ3) is 3.63. The summed E-state index contributed by atoms with van der Waals surface area (Å²) in [5.41, 5.74) is 11.5. The van der Waals surface area contributed by atoms with Gasteiger partial charge in [0.1, 0.15) is 11.9 Å². The Bertz CT molecular complexity index is 1000. The van der Waals surface area contributed by atoms with Gasteiger partial charge in [0.25, 0.3) is 0 Å². The van der Waals surface area contributed by atoms with E-state index in [1.165, 1.54) is 5.56 Å². The fourth-order valence-corrected chi connectivity index (χ4v) is 3.36. The highest BCUT2D eigenvalue weighted by Gasteiger charge is 2.23. The molecule has 0 saturated heterocycles. The van der Waals surface area contributed by atoms with Crippen LogP contribution >= 0.6 is 0 Å². The van der Waals surface area contributed by atoms with Crippen LogP contribution in [0.1, 0.15) is 29.2 Å². The molecule has 1 amide bonds. The molecule has 3 aromatic carbocycles. The first-order chi connectivity index (χ1) is 13.1. The summed E-state index contributed by atoms with van der Waals surface area (Å²) in [6.45, 7) is 2.07. The molecule has 1 aliphatic rings. The summed E-state index contributed by atoms with van der Waals surface area (Å²) in [5.74, 6) is 0.351. The van der Waals surface area contributed by atoms with E-state index in [9.17, 15) is 4.79 Å². The highest BCUT2D eigenvalue weighted by Crippen LogP contribution is 2.37. The Kier molecular flexibility index (Phi) is 4.51. The van der Waals surface area contributed by atoms with Crippen molar-refractivity contribution in [3.63, 3.8) is 0 Å². The van der Waals surface area contributed by atoms with Gasteiger partial charge in [-0.2, -0.15) is 0 Å². The molecule has 3 heteroatoms. The molecule has 3 nitrogen and oxygen atoms in total. The highest BCUT2D eigenvalue weighted by molar-refractivity contribution is 5.97. The van der Waals surface area contributed by atoms with Crippen molar-refractivity contribution in [2.45, 2.75) is 19.4 Å². The first kappa shape index (κ1) is 17.1. The van der Waals surface area contributed by atoms with Gasteiger partial charge in [0.05, 0.1) is 0 Å². The molecule has 0 aromatic heterocycles. The Balaban J connectivity index is 1.77. The molecule has 3 aromatic rings. The lowest BCUT2D eigenvalue weighted by molar-refractivity contribution is -0.114. The highest BCUT2D eigenvalue weighted by atomic mass is 16.5. The van der Waals surface area contributed by atoms with Gasteiger partial charge in [-0.05, 0) is 41.8 Å². The van der Waals surface area contributed by atoms with Crippen molar-refractivity contribution < 1.29 is 9.53 Å². The molecule has 27 heavy (non-hydrogen) atoms. The summed E-state index contributed by atoms with van der Waals surface area (Å²) in [6.07, 6.45) is 2.07. The molecular formula is C24H21NO2. The zero-order valence-corrected chi connectivity index (χ0v) is 15.2. The largest absolute Gasteiger partial charge is 0.485 e. The summed E-state index contributed by atoms with van der Waals surface area (Å²) in [4.78, 5) is 12.0. The lowest BCUT2D eigenvalue weighted by Crippen LogP contribution is -2.17. The molecule has 1 atom stereocenters. The number of rotatable bonds is 3. The van der Waals surface area contributed by atoms with E-state index in [4.69, 9.17) is 10.5 Å². The number of hydrogen-bond donors (Lipinski definition) is 1. The molecule has 0 bridgehead atoms. The second-order valence-corrected chi connectivity index (χ2v) is 6.87. The summed E-state index contributed by atoms with van der Waals surface area (Å²) in [7, 11) is 0. The Labute approximate surface area is 159 Å². The predicted molar refractivity (Wildman–Crippen MR) is 108 cm³/mol. The van der Waals surface area contributed by atoms with Gasteiger partial charge in [0.15, 0.2) is 0 Å². The number of benzene rings is 3. The van der Waals surface area contributed by atoms with E-state index < -0.39 is 5.91 Å². The lowest BCUT2D eigenvalue weighted by Gasteiger charge is -2.19. The van der Waals surface area contributed by atoms with Gasteiger partial charge in [-0.3, -0.25) is 4.79 Å². The number of hydrogen-bond acceptors (Lipinski definition) is 2. The van der Waals surface area contributed by atoms with Crippen molar-refractivity contribution in [1.82, 2.24) is 0 Å². The number of carbonyl (C=O) groups excluding carboxylic acids is 1. The molecule has 0 saturated carbocycles. The number of nitrogens with two attached hydrogens (primary N) is 1. The Hall–Kier alpha value is -3.33. The van der Waals surface area contributed by atoms with Gasteiger partial charge in [0.2, 0.25) is 5.91 Å². The van der Waals surface area contributed by atoms with E-state index in [0.717, 1.165) is 28.0 Å². The normalized spacial score (nSPS) is 15.9. The molecule has 4 rings (SSSR count). The van der Waals surface area contributed by atoms with Gasteiger partial charge in [-0.25, -0.2) is 0 Å². The molecule has 134 valence electrons. The Morgan fingerprint density at radius 1 is 0.963 bits per heavy atom. The minimum atomic E-state index is -0.409. The quantitative estimate of drug-likeness (QED) is 0.714. The Morgan fingerprint density at radius 2 is 1.67 bits per heavy atom. The number of primary amides is 1. The second-order valence-electron chi connectivity index (χ2n) is 6.87. The molecule has 0 spiro atoms. The first-order valence-electron chi connectivity index (χ1n) is 9.03. The predicted octanol–water partition coefficient (Wildman–Crippen LogP) is 5.05. The van der Waals surface area contributed by atoms with Crippen molar-refractivity contribution in [3.8, 4) is 16.9 Å². The molecule has 2 N–H and O–H groups in total. The SMILES string of the molecule is Cc1ccc(-c2ccc3c(c2)C=C(C(N)=O)CC(c2ccccc2)O3)cc1. The smallest absolute Gasteiger partial charge is 0.244 e. The second kappa shape index (κ2) is 7.12. The van der Waals surface area contributed by atoms with E-state index in [-0.39, 0.29) is 6.10 Å². The summed E-state index contributed by atoms with van der Waals surface area (Å²) >= 11 is 0. The van der Waals surface area contributed by atoms with E-state index in [0.29, 0.717) is 12.0 Å². The van der Waals surface area contributed by atoms with Crippen LogP contribution < -0.4 is 10.5 Å². The van der Waals surface area contributed by atoms with Crippen LogP contribution in [-0.2, 0) is 4.79 Å². The maximum absolute atomic E-state index is 12.0. The van der Waals surface area contributed by atoms with Gasteiger partial charge in [-0.15, -0.1) is 0 Å². The molecule has 1 heterocycles. The van der Waals surface area contributed by atoms with E-state index >= 15 is 0 Å². The number of ether oxygens (including phenoxy) is 1. The number of amides is 1. The van der Waals surface area contributed by atoms with Crippen molar-refractivity contribution in [2.24, 2.45) is 5.73 Å². The zero-order valence-electron chi connectivity index (χ0n) is 15.2. The summed E-state index contributed by atoms with van der Waals surface area (Å²) in [5, 5.41) is 0. The molecular weight excluding hydrogens is 334 g/mol. The van der Waals surface area contributed by atoms with Crippen molar-refractivity contribution in [3.05, 3.63) is 95.1 Å². The van der Waals surface area contributed by atoms with Crippen molar-refractivity contribution >= 4 is 12.0 Å². The van der Waals surface area contributed by atoms with Crippen LogP contribution in [0.5, 0.6) is 5.75 Å². The number of fused-ring (bicyclic) bond motifs is 1. The van der Waals surface area contributed by atoms with Gasteiger partial charge in [0, 0.05) is 17.6 Å². The van der Waals surface area contributed by atoms with Crippen LogP contribution in [0.15, 0.2) is 78.4 Å². The van der Waals surface area contributed by atoms with Crippen molar-refractivity contribution in [1.29, 1.82) is 0 Å². The fourth-order valence-electron chi connectivity index (χ4n) is 3.36. The van der Waals surface area contributed by atoms with Crippen LogP contribution in [0.2, 0.25) is 0 Å². The lowest BCUT2D eigenvalue weighted by atomic mass is 9.98. The van der Waals surface area contributed by atoms with Gasteiger partial charge < -0.3 is 10.5 Å². The van der Waals surface area contributed by atoms with E-state index in [1.807, 2.05) is 42.5 Å². The van der Waals surface area contributed by atoms with Crippen LogP contribution in [-0.4, -0.2) is 5.91 Å². The standard InChI is InChI=1S/C24H21NO2/c1-16-7-9-17(10-8-16)19-11-12-22-20(13-19)14-21(24(25)26)15-23(27-22)18-5-3-2-4-6-18/h2-14,23H,15H2,1H3,(H2,25,26). The monoisotopic (exact) mass is 355 g/mol. The van der Waals surface area contributed by atoms with Crippen molar-refractivity contribution in [2.75, 3.05) is 0 Å². The molecule has 0 aliphatic carbocycles. The summed E-state index contributed by atoms with van der Waals surface area (Å²) in [6, 6.07) is 24.4.